The first-order chi connectivity index (χ1) is 7.22. The van der Waals surface area contributed by atoms with E-state index in [9.17, 15) is 0 Å². The van der Waals surface area contributed by atoms with E-state index in [0.717, 1.165) is 19.5 Å². The Morgan fingerprint density at radius 1 is 1.47 bits per heavy atom. The minimum absolute atomic E-state index is 0.0995. The third-order valence-corrected chi connectivity index (χ3v) is 2.34. The maximum Gasteiger partial charge on any atom is 0.0666 e. The normalized spacial score (nSPS) is 12.1. The molecule has 1 rings (SSSR count). The number of hydrogen-bond donors (Lipinski definition) is 1. The van der Waals surface area contributed by atoms with Crippen LogP contribution in [0, 0.1) is 24.2 Å². The Morgan fingerprint density at radius 3 is 2.93 bits per heavy atom. The van der Waals surface area contributed by atoms with Crippen molar-refractivity contribution in [3.8, 4) is 6.07 Å². The molecule has 0 saturated carbocycles. The van der Waals surface area contributed by atoms with Crippen LogP contribution in [0.15, 0.2) is 24.3 Å². The van der Waals surface area contributed by atoms with Crippen molar-refractivity contribution in [2.45, 2.75) is 20.3 Å². The van der Waals surface area contributed by atoms with Crippen molar-refractivity contribution in [3.05, 3.63) is 35.4 Å². The number of nitrogens with zero attached hydrogens (tertiary/aromatic N) is 1. The summed E-state index contributed by atoms with van der Waals surface area (Å²) in [6.07, 6.45) is 1.03. The molecule has 1 N–H and O–H groups in total. The lowest BCUT2D eigenvalue weighted by atomic mass is 10.1. The molecule has 0 spiro atoms. The van der Waals surface area contributed by atoms with E-state index in [1.807, 2.05) is 6.92 Å². The van der Waals surface area contributed by atoms with Crippen LogP contribution in [0.2, 0.25) is 0 Å². The van der Waals surface area contributed by atoms with Crippen LogP contribution in [-0.4, -0.2) is 13.1 Å². The van der Waals surface area contributed by atoms with Gasteiger partial charge in [-0.3, -0.25) is 0 Å². The zero-order valence-corrected chi connectivity index (χ0v) is 9.46. The molecule has 1 atom stereocenters. The van der Waals surface area contributed by atoms with Crippen molar-refractivity contribution >= 4 is 0 Å². The topological polar surface area (TPSA) is 35.8 Å². The second-order valence-corrected chi connectivity index (χ2v) is 3.97. The molecule has 80 valence electrons. The Hall–Kier alpha value is -1.33. The third-order valence-electron chi connectivity index (χ3n) is 2.34. The molecule has 1 unspecified atom stereocenters. The highest BCUT2D eigenvalue weighted by atomic mass is 14.8. The standard InChI is InChI=1S/C13H18N2/c1-11-4-3-5-13(8-11)6-7-15-10-12(2)9-14/h3-5,8,12,15H,6-7,10H2,1-2H3. The van der Waals surface area contributed by atoms with Gasteiger partial charge in [-0.25, -0.2) is 0 Å². The molecule has 0 fully saturated rings. The van der Waals surface area contributed by atoms with Gasteiger partial charge in [0.25, 0.3) is 0 Å². The average Bonchev–Trinajstić information content (AvgIpc) is 2.24. The predicted octanol–water partition coefficient (Wildman–Crippen LogP) is 2.29. The summed E-state index contributed by atoms with van der Waals surface area (Å²) in [4.78, 5) is 0. The summed E-state index contributed by atoms with van der Waals surface area (Å²) >= 11 is 0. The molecule has 0 radical (unpaired) electrons. The molecule has 0 aromatic heterocycles. The van der Waals surface area contributed by atoms with Gasteiger partial charge in [-0.1, -0.05) is 29.8 Å². The lowest BCUT2D eigenvalue weighted by molar-refractivity contribution is 0.602. The molecule has 0 amide bonds. The van der Waals surface area contributed by atoms with E-state index in [2.05, 4.69) is 42.6 Å². The number of nitriles is 1. The Kier molecular flexibility index (Phi) is 4.86. The van der Waals surface area contributed by atoms with Crippen LogP contribution in [0.5, 0.6) is 0 Å². The molecule has 0 heterocycles. The van der Waals surface area contributed by atoms with Crippen LogP contribution >= 0.6 is 0 Å². The molecule has 0 saturated heterocycles. The van der Waals surface area contributed by atoms with Gasteiger partial charge in [-0.15, -0.1) is 0 Å². The highest BCUT2D eigenvalue weighted by Gasteiger charge is 1.98. The maximum atomic E-state index is 8.60. The number of hydrogen-bond acceptors (Lipinski definition) is 2. The van der Waals surface area contributed by atoms with Gasteiger partial charge in [0.1, 0.15) is 0 Å². The Morgan fingerprint density at radius 2 is 2.27 bits per heavy atom. The molecule has 0 aliphatic carbocycles. The lowest BCUT2D eigenvalue weighted by Crippen LogP contribution is -2.22. The minimum Gasteiger partial charge on any atom is -0.315 e. The summed E-state index contributed by atoms with van der Waals surface area (Å²) in [6, 6.07) is 10.7. The van der Waals surface area contributed by atoms with Crippen LogP contribution in [-0.2, 0) is 6.42 Å². The monoisotopic (exact) mass is 202 g/mol. The molecule has 1 aromatic rings. The fourth-order valence-electron chi connectivity index (χ4n) is 1.46. The predicted molar refractivity (Wildman–Crippen MR) is 62.5 cm³/mol. The van der Waals surface area contributed by atoms with Crippen LogP contribution in [0.1, 0.15) is 18.1 Å². The first-order valence-electron chi connectivity index (χ1n) is 5.38. The van der Waals surface area contributed by atoms with Gasteiger partial charge in [-0.2, -0.15) is 5.26 Å². The average molecular weight is 202 g/mol. The second-order valence-electron chi connectivity index (χ2n) is 3.97. The number of aryl methyl sites for hydroxylation is 1. The molecular formula is C13H18N2. The van der Waals surface area contributed by atoms with Gasteiger partial charge in [-0.05, 0) is 32.4 Å². The minimum atomic E-state index is 0.0995. The quantitative estimate of drug-likeness (QED) is 0.744. The Balaban J connectivity index is 2.24. The van der Waals surface area contributed by atoms with E-state index in [1.165, 1.54) is 11.1 Å². The zero-order valence-electron chi connectivity index (χ0n) is 9.46. The van der Waals surface area contributed by atoms with Crippen LogP contribution < -0.4 is 5.32 Å². The van der Waals surface area contributed by atoms with Crippen LogP contribution in [0.4, 0.5) is 0 Å². The van der Waals surface area contributed by atoms with E-state index >= 15 is 0 Å². The summed E-state index contributed by atoms with van der Waals surface area (Å²) in [5.41, 5.74) is 2.66. The Bertz CT molecular complexity index is 339. The zero-order chi connectivity index (χ0) is 11.1. The van der Waals surface area contributed by atoms with E-state index in [4.69, 9.17) is 5.26 Å². The fraction of sp³-hybridized carbons (Fsp3) is 0.462. The molecule has 1 aromatic carbocycles. The largest absolute Gasteiger partial charge is 0.315 e. The van der Waals surface area contributed by atoms with Gasteiger partial charge >= 0.3 is 0 Å². The molecule has 0 bridgehead atoms. The molecule has 0 aliphatic rings. The summed E-state index contributed by atoms with van der Waals surface area (Å²) in [5, 5.41) is 11.9. The lowest BCUT2D eigenvalue weighted by Gasteiger charge is -2.06. The van der Waals surface area contributed by atoms with Gasteiger partial charge in [0.2, 0.25) is 0 Å². The van der Waals surface area contributed by atoms with Gasteiger partial charge < -0.3 is 5.32 Å². The third kappa shape index (κ3) is 4.62. The van der Waals surface area contributed by atoms with Crippen LogP contribution in [0.3, 0.4) is 0 Å². The van der Waals surface area contributed by atoms with Crippen molar-refractivity contribution in [1.82, 2.24) is 5.32 Å². The smallest absolute Gasteiger partial charge is 0.0666 e. The maximum absolute atomic E-state index is 8.60. The number of rotatable bonds is 5. The van der Waals surface area contributed by atoms with Gasteiger partial charge in [0.15, 0.2) is 0 Å². The van der Waals surface area contributed by atoms with E-state index in [1.54, 1.807) is 0 Å². The fourth-order valence-corrected chi connectivity index (χ4v) is 1.46. The van der Waals surface area contributed by atoms with E-state index in [0.29, 0.717) is 0 Å². The van der Waals surface area contributed by atoms with Gasteiger partial charge in [0, 0.05) is 6.54 Å². The van der Waals surface area contributed by atoms with E-state index < -0.39 is 0 Å². The number of nitrogens with one attached hydrogen (secondary N) is 1. The highest BCUT2D eigenvalue weighted by molar-refractivity contribution is 5.22. The van der Waals surface area contributed by atoms with Crippen molar-refractivity contribution in [2.24, 2.45) is 5.92 Å². The first-order valence-corrected chi connectivity index (χ1v) is 5.38. The molecule has 2 nitrogen and oxygen atoms in total. The summed E-state index contributed by atoms with van der Waals surface area (Å²) < 4.78 is 0. The Labute approximate surface area is 91.9 Å². The van der Waals surface area contributed by atoms with Crippen molar-refractivity contribution < 1.29 is 0 Å². The number of benzene rings is 1. The summed E-state index contributed by atoms with van der Waals surface area (Å²) in [7, 11) is 0. The van der Waals surface area contributed by atoms with E-state index in [-0.39, 0.29) is 5.92 Å². The second kappa shape index (κ2) is 6.21. The van der Waals surface area contributed by atoms with Crippen molar-refractivity contribution in [3.63, 3.8) is 0 Å². The van der Waals surface area contributed by atoms with Crippen molar-refractivity contribution in [2.75, 3.05) is 13.1 Å². The van der Waals surface area contributed by atoms with Gasteiger partial charge in [0.05, 0.1) is 12.0 Å². The molecule has 15 heavy (non-hydrogen) atoms. The SMILES string of the molecule is Cc1cccc(CCNCC(C)C#N)c1. The highest BCUT2D eigenvalue weighted by Crippen LogP contribution is 2.03. The molecule has 0 aliphatic heterocycles. The van der Waals surface area contributed by atoms with Crippen LogP contribution in [0.25, 0.3) is 0 Å². The molecule has 2 heteroatoms. The molecular weight excluding hydrogens is 184 g/mol. The summed E-state index contributed by atoms with van der Waals surface area (Å²) in [5.74, 6) is 0.0995. The summed E-state index contributed by atoms with van der Waals surface area (Å²) in [6.45, 7) is 5.76. The first kappa shape index (κ1) is 11.7. The van der Waals surface area contributed by atoms with Crippen molar-refractivity contribution in [1.29, 1.82) is 5.26 Å².